The summed E-state index contributed by atoms with van der Waals surface area (Å²) in [7, 11) is 0. The van der Waals surface area contributed by atoms with Crippen LogP contribution in [0.25, 0.3) is 89.4 Å². The standard InChI is InChI=1S/C61H45N3/c1-61(2)53-26-13-11-23-48(53)49-33-32-44(37-54(49)61)43-20-15-21-45(36-43)57-38-56(63-60(64-57)42-18-7-4-8-19-42)40-28-30-41(31-29-40)59-58-51-25-10-9-22-47(51)46(39-16-5-3-6-17-39)34-35-52(58)50-24-12-14-27-55(50)62-59/h3-33,36-38,46H,34-35H2,1-2H3. The molecule has 0 saturated carbocycles. The highest BCUT2D eigenvalue weighted by Crippen LogP contribution is 2.50. The minimum Gasteiger partial charge on any atom is -0.247 e. The third-order valence-corrected chi connectivity index (χ3v) is 13.8. The average Bonchev–Trinajstić information content (AvgIpc) is 3.46. The summed E-state index contributed by atoms with van der Waals surface area (Å²) in [5, 5.41) is 1.23. The Morgan fingerprint density at radius 1 is 0.438 bits per heavy atom. The van der Waals surface area contributed by atoms with Gasteiger partial charge in [0.05, 0.1) is 22.6 Å². The molecular formula is C61H45N3. The zero-order chi connectivity index (χ0) is 42.8. The fourth-order valence-electron chi connectivity index (χ4n) is 10.5. The summed E-state index contributed by atoms with van der Waals surface area (Å²) in [5.41, 5.74) is 22.3. The molecule has 0 saturated heterocycles. The van der Waals surface area contributed by atoms with E-state index in [0.717, 1.165) is 63.3 Å². The Morgan fingerprint density at radius 2 is 1.05 bits per heavy atom. The molecule has 0 aliphatic heterocycles. The van der Waals surface area contributed by atoms with Gasteiger partial charge in [-0.3, -0.25) is 0 Å². The van der Waals surface area contributed by atoms with Crippen molar-refractivity contribution in [2.75, 3.05) is 0 Å². The first kappa shape index (κ1) is 38.0. The van der Waals surface area contributed by atoms with Gasteiger partial charge in [-0.05, 0) is 92.7 Å². The van der Waals surface area contributed by atoms with Gasteiger partial charge in [0.15, 0.2) is 5.82 Å². The quantitative estimate of drug-likeness (QED) is 0.168. The molecule has 10 aromatic rings. The molecule has 0 radical (unpaired) electrons. The van der Waals surface area contributed by atoms with Gasteiger partial charge in [0.25, 0.3) is 0 Å². The van der Waals surface area contributed by atoms with Crippen LogP contribution in [-0.2, 0) is 11.8 Å². The molecule has 0 bridgehead atoms. The Morgan fingerprint density at radius 3 is 1.88 bits per heavy atom. The lowest BCUT2D eigenvalue weighted by molar-refractivity contribution is 0.660. The van der Waals surface area contributed by atoms with Crippen molar-refractivity contribution in [3.63, 3.8) is 0 Å². The van der Waals surface area contributed by atoms with Crippen LogP contribution in [-0.4, -0.2) is 15.0 Å². The fraction of sp³-hybridized carbons (Fsp3) is 0.0984. The third-order valence-electron chi connectivity index (χ3n) is 13.8. The van der Waals surface area contributed by atoms with Gasteiger partial charge in [-0.2, -0.15) is 0 Å². The lowest BCUT2D eigenvalue weighted by Crippen LogP contribution is -2.14. The van der Waals surface area contributed by atoms with Gasteiger partial charge in [0, 0.05) is 44.5 Å². The Labute approximate surface area is 374 Å². The monoisotopic (exact) mass is 819 g/mol. The summed E-state index contributed by atoms with van der Waals surface area (Å²) in [4.78, 5) is 15.9. The van der Waals surface area contributed by atoms with Gasteiger partial charge in [0.1, 0.15) is 0 Å². The first-order valence-electron chi connectivity index (χ1n) is 22.4. The number of fused-ring (bicyclic) bond motifs is 8. The molecule has 304 valence electrons. The summed E-state index contributed by atoms with van der Waals surface area (Å²) in [6, 6.07) is 74.5. The Hall–Kier alpha value is -7.75. The van der Waals surface area contributed by atoms with Gasteiger partial charge >= 0.3 is 0 Å². The molecule has 0 amide bonds. The predicted molar refractivity (Wildman–Crippen MR) is 264 cm³/mol. The highest BCUT2D eigenvalue weighted by molar-refractivity contribution is 5.97. The predicted octanol–water partition coefficient (Wildman–Crippen LogP) is 15.4. The first-order valence-corrected chi connectivity index (χ1v) is 22.4. The zero-order valence-electron chi connectivity index (χ0n) is 36.0. The van der Waals surface area contributed by atoms with Crippen molar-refractivity contribution in [3.05, 3.63) is 234 Å². The van der Waals surface area contributed by atoms with E-state index in [-0.39, 0.29) is 5.41 Å². The molecular weight excluding hydrogens is 775 g/mol. The van der Waals surface area contributed by atoms with Gasteiger partial charge in [-0.25, -0.2) is 15.0 Å². The van der Waals surface area contributed by atoms with Crippen LogP contribution in [0.5, 0.6) is 0 Å². The van der Waals surface area contributed by atoms with Crippen molar-refractivity contribution < 1.29 is 0 Å². The van der Waals surface area contributed by atoms with Gasteiger partial charge in [-0.1, -0.05) is 196 Å². The zero-order valence-corrected chi connectivity index (χ0v) is 36.0. The van der Waals surface area contributed by atoms with Crippen LogP contribution < -0.4 is 0 Å². The van der Waals surface area contributed by atoms with E-state index in [0.29, 0.717) is 11.7 Å². The molecule has 2 aliphatic rings. The molecule has 0 N–H and O–H groups in total. The van der Waals surface area contributed by atoms with Crippen LogP contribution in [0.4, 0.5) is 0 Å². The fourth-order valence-corrected chi connectivity index (χ4v) is 10.5. The van der Waals surface area contributed by atoms with Crippen LogP contribution in [0.15, 0.2) is 206 Å². The SMILES string of the molecule is CC1(C)c2ccccc2-c2ccc(-c3cccc(-c4cc(-c5ccc(-c6nc7ccccc7c7c6-c6ccccc6C(c6ccccc6)CC7)cc5)nc(-c5ccccc5)n4)c3)cc21. The second-order valence-corrected chi connectivity index (χ2v) is 17.8. The molecule has 0 spiro atoms. The number of pyridine rings is 1. The van der Waals surface area contributed by atoms with E-state index in [1.54, 1.807) is 0 Å². The summed E-state index contributed by atoms with van der Waals surface area (Å²) in [5.74, 6) is 0.995. The van der Waals surface area contributed by atoms with Gasteiger partial charge in [0.2, 0.25) is 0 Å². The molecule has 3 heteroatoms. The third kappa shape index (κ3) is 6.38. The van der Waals surface area contributed by atoms with Gasteiger partial charge < -0.3 is 0 Å². The number of benzene rings is 8. The maximum absolute atomic E-state index is 5.45. The van der Waals surface area contributed by atoms with Crippen molar-refractivity contribution in [2.24, 2.45) is 0 Å². The summed E-state index contributed by atoms with van der Waals surface area (Å²) >= 11 is 0. The van der Waals surface area contributed by atoms with E-state index in [1.165, 1.54) is 61.0 Å². The van der Waals surface area contributed by atoms with E-state index in [1.807, 2.05) is 18.2 Å². The Bertz CT molecular complexity index is 3400. The minimum atomic E-state index is -0.0693. The maximum Gasteiger partial charge on any atom is 0.160 e. The highest BCUT2D eigenvalue weighted by atomic mass is 14.9. The van der Waals surface area contributed by atoms with Crippen molar-refractivity contribution in [1.29, 1.82) is 0 Å². The molecule has 2 aliphatic carbocycles. The van der Waals surface area contributed by atoms with Crippen LogP contribution in [0.2, 0.25) is 0 Å². The molecule has 3 nitrogen and oxygen atoms in total. The van der Waals surface area contributed by atoms with Crippen molar-refractivity contribution in [2.45, 2.75) is 38.0 Å². The van der Waals surface area contributed by atoms with E-state index < -0.39 is 0 Å². The number of hydrogen-bond acceptors (Lipinski definition) is 3. The van der Waals surface area contributed by atoms with E-state index >= 15 is 0 Å². The number of aryl methyl sites for hydroxylation is 1. The smallest absolute Gasteiger partial charge is 0.160 e. The Balaban J connectivity index is 0.954. The molecule has 2 heterocycles. The topological polar surface area (TPSA) is 38.7 Å². The lowest BCUT2D eigenvalue weighted by Gasteiger charge is -2.22. The van der Waals surface area contributed by atoms with E-state index in [2.05, 4.69) is 202 Å². The highest BCUT2D eigenvalue weighted by Gasteiger charge is 2.35. The number of para-hydroxylation sites is 1. The summed E-state index contributed by atoms with van der Waals surface area (Å²) < 4.78 is 0. The molecule has 64 heavy (non-hydrogen) atoms. The summed E-state index contributed by atoms with van der Waals surface area (Å²) in [6.07, 6.45) is 1.99. The average molecular weight is 820 g/mol. The number of hydrogen-bond donors (Lipinski definition) is 0. The second-order valence-electron chi connectivity index (χ2n) is 17.8. The van der Waals surface area contributed by atoms with Crippen LogP contribution in [0, 0.1) is 0 Å². The minimum absolute atomic E-state index is 0.0693. The van der Waals surface area contributed by atoms with Crippen molar-refractivity contribution in [3.8, 4) is 78.5 Å². The normalized spacial score (nSPS) is 14.6. The van der Waals surface area contributed by atoms with E-state index in [9.17, 15) is 0 Å². The molecule has 1 unspecified atom stereocenters. The first-order chi connectivity index (χ1) is 31.5. The van der Waals surface area contributed by atoms with Crippen molar-refractivity contribution >= 4 is 10.9 Å². The number of rotatable bonds is 6. The van der Waals surface area contributed by atoms with Crippen molar-refractivity contribution in [1.82, 2.24) is 15.0 Å². The molecule has 1 atom stereocenters. The molecule has 12 rings (SSSR count). The maximum atomic E-state index is 5.45. The number of aromatic nitrogens is 3. The number of nitrogens with zero attached hydrogens (tertiary/aromatic N) is 3. The lowest BCUT2D eigenvalue weighted by atomic mass is 9.81. The van der Waals surface area contributed by atoms with E-state index in [4.69, 9.17) is 15.0 Å². The van der Waals surface area contributed by atoms with Crippen LogP contribution in [0.1, 0.15) is 54.0 Å². The summed E-state index contributed by atoms with van der Waals surface area (Å²) in [6.45, 7) is 4.68. The van der Waals surface area contributed by atoms with Crippen LogP contribution in [0.3, 0.4) is 0 Å². The Kier molecular flexibility index (Phi) is 9.05. The molecule has 2 aromatic heterocycles. The van der Waals surface area contributed by atoms with Crippen LogP contribution >= 0.6 is 0 Å². The second kappa shape index (κ2) is 15.3. The largest absolute Gasteiger partial charge is 0.247 e. The molecule has 0 fully saturated rings. The molecule has 8 aromatic carbocycles. The van der Waals surface area contributed by atoms with Gasteiger partial charge in [-0.15, -0.1) is 0 Å².